The monoisotopic (exact) mass is 1760 g/mol. The quantitative estimate of drug-likeness (QED) is 0.0400. The third-order valence-electron chi connectivity index (χ3n) is 15.6. The van der Waals surface area contributed by atoms with Crippen LogP contribution in [0.2, 0.25) is 0 Å². The van der Waals surface area contributed by atoms with Crippen LogP contribution in [-0.2, 0) is 96.1 Å². The highest BCUT2D eigenvalue weighted by Crippen LogP contribution is 2.38. The number of esters is 12. The minimum absolute atomic E-state index is 0.318. The molecule has 0 radical (unpaired) electrons. The fourth-order valence-electron chi connectivity index (χ4n) is 11.6. The summed E-state index contributed by atoms with van der Waals surface area (Å²) in [5, 5.41) is 52.8. The highest BCUT2D eigenvalue weighted by atomic mass is 16.6. The predicted molar refractivity (Wildman–Crippen MR) is 443 cm³/mol. The zero-order chi connectivity index (χ0) is 96.0. The van der Waals surface area contributed by atoms with Crippen molar-refractivity contribution in [2.24, 2.45) is 0 Å². The van der Waals surface area contributed by atoms with Crippen molar-refractivity contribution < 1.29 is 114 Å². The van der Waals surface area contributed by atoms with Crippen molar-refractivity contribution in [3.63, 3.8) is 0 Å². The van der Waals surface area contributed by atoms with E-state index in [0.717, 1.165) is 28.1 Å². The van der Waals surface area contributed by atoms with Gasteiger partial charge in [-0.05, 0) is 283 Å². The first-order valence-electron chi connectivity index (χ1n) is 40.5. The minimum atomic E-state index is -1.39. The average Bonchev–Trinajstić information content (AvgIpc) is 1.39. The highest BCUT2D eigenvalue weighted by molar-refractivity contribution is 6.05. The summed E-state index contributed by atoms with van der Waals surface area (Å²) in [7, 11) is 0. The Bertz CT molecular complexity index is 4500. The van der Waals surface area contributed by atoms with Gasteiger partial charge in [0.15, 0.2) is 34.2 Å². The summed E-state index contributed by atoms with van der Waals surface area (Å²) in [5.41, 5.74) is -27.0. The molecule has 0 spiro atoms. The maximum atomic E-state index is 15.6. The molecule has 6 heterocycles. The SMILES string of the molecule is CC(C)(C)OC(=O)c1nnn(Cc2c(Cn3nnc(C(=O)OC(C)(C)C)c3C(=O)OC(C)(C)C)c(Cn3nnc(C(=O)OC(C)(C)C)c3C(=O)OC(C)(C)C)c(Cn3nnc(C(=O)OC(C)(C)C)c3C(=O)OC(C)(C)C)c(Cn3nnc(C(=O)OC(C)(C)C)c3C(=O)OC(C)(C)C)c2Cn2nnc(C(=O)OC(C)(C)C)c2C(=O)OC(C)(C)C)c1C(=O)OC(C)(C)C. The molecule has 0 N–H and O–H groups in total. The average molecular weight is 1770 g/mol. The van der Waals surface area contributed by atoms with Gasteiger partial charge in [0.05, 0.1) is 39.3 Å². The van der Waals surface area contributed by atoms with Crippen molar-refractivity contribution in [1.82, 2.24) is 90.0 Å². The second-order valence-corrected chi connectivity index (χ2v) is 41.6. The molecule has 0 saturated heterocycles. The van der Waals surface area contributed by atoms with Gasteiger partial charge in [-0.1, -0.05) is 31.3 Å². The predicted octanol–water partition coefficient (Wildman–Crippen LogP) is 11.0. The standard InChI is InChI=1S/C84H120N18O24/c1-73(2,3)115-61(103)49-55(67(109)121-79(19,20)21)97(91-85-49)37-43-44(38-98-56(68(110)122-80(22,23)24)50(86-92-98)62(104)116-74(4,5)6)46(40-100-58(70(112)124-82(28,29)30)52(88-94-100)64(106)118-76(10,11)12)48(42-102-60(72(114)126-84(34,35)36)54(90-96-102)66(108)120-78(16,17)18)47(41-101-59(71(113)125-83(31,32)33)53(89-95-101)65(107)119-77(13,14)15)45(43)39-99-57(69(111)123-81(25,26)27)51(87-93-99)63(105)117-75(7,8)9/h37-42H2,1-36H3. The Morgan fingerprint density at radius 2 is 0.254 bits per heavy atom. The van der Waals surface area contributed by atoms with Gasteiger partial charge < -0.3 is 56.8 Å². The molecule has 0 aliphatic carbocycles. The van der Waals surface area contributed by atoms with Crippen molar-refractivity contribution in [3.05, 3.63) is 102 Å². The Kier molecular flexibility index (Phi) is 28.8. The fourth-order valence-corrected chi connectivity index (χ4v) is 11.6. The topological polar surface area (TPSA) is 500 Å². The molecule has 0 aliphatic heterocycles. The zero-order valence-electron chi connectivity index (χ0n) is 79.1. The van der Waals surface area contributed by atoms with Gasteiger partial charge in [0.2, 0.25) is 34.2 Å². The van der Waals surface area contributed by atoms with Crippen molar-refractivity contribution in [3.8, 4) is 0 Å². The number of hydrogen-bond donors (Lipinski definition) is 0. The Labute approximate surface area is 730 Å². The summed E-state index contributed by atoms with van der Waals surface area (Å²) in [6.45, 7) is 48.9. The van der Waals surface area contributed by atoms with Crippen LogP contribution in [0.15, 0.2) is 0 Å². The Morgan fingerprint density at radius 3 is 0.341 bits per heavy atom. The van der Waals surface area contributed by atoms with Gasteiger partial charge in [-0.3, -0.25) is 0 Å². The number of carbonyl (C=O) groups excluding carboxylic acids is 12. The third-order valence-corrected chi connectivity index (χ3v) is 15.6. The summed E-state index contributed by atoms with van der Waals surface area (Å²) >= 11 is 0. The Morgan fingerprint density at radius 1 is 0.167 bits per heavy atom. The van der Waals surface area contributed by atoms with E-state index >= 15 is 28.8 Å². The normalized spacial score (nSPS) is 12.9. The molecule has 0 bridgehead atoms. The smallest absolute Gasteiger partial charge is 0.362 e. The molecule has 7 aromatic rings. The molecule has 0 aliphatic rings. The molecule has 0 atom stereocenters. The van der Waals surface area contributed by atoms with Gasteiger partial charge in [0.1, 0.15) is 67.2 Å². The zero-order valence-corrected chi connectivity index (χ0v) is 79.1. The fraction of sp³-hybridized carbons (Fsp3) is 0.643. The highest BCUT2D eigenvalue weighted by Gasteiger charge is 2.44. The van der Waals surface area contributed by atoms with Crippen LogP contribution >= 0.6 is 0 Å². The van der Waals surface area contributed by atoms with Crippen LogP contribution in [0.4, 0.5) is 0 Å². The third kappa shape index (κ3) is 27.8. The number of aromatic nitrogens is 18. The van der Waals surface area contributed by atoms with Gasteiger partial charge in [0.25, 0.3) is 0 Å². The molecule has 690 valence electrons. The van der Waals surface area contributed by atoms with E-state index in [9.17, 15) is 28.8 Å². The van der Waals surface area contributed by atoms with E-state index < -0.39 is 246 Å². The first kappa shape index (κ1) is 101. The number of benzene rings is 1. The summed E-state index contributed by atoms with van der Waals surface area (Å²) < 4.78 is 77.2. The van der Waals surface area contributed by atoms with Crippen LogP contribution < -0.4 is 0 Å². The summed E-state index contributed by atoms with van der Waals surface area (Å²) in [6, 6.07) is 0. The van der Waals surface area contributed by atoms with Gasteiger partial charge in [-0.2, -0.15) is 0 Å². The van der Waals surface area contributed by atoms with Crippen molar-refractivity contribution in [2.45, 2.75) is 356 Å². The molecular weight excluding hydrogens is 1650 g/mol. The lowest BCUT2D eigenvalue weighted by molar-refractivity contribution is 0.000695. The maximum Gasteiger partial charge on any atom is 0.362 e. The van der Waals surface area contributed by atoms with E-state index in [1.165, 1.54) is 249 Å². The molecule has 126 heavy (non-hydrogen) atoms. The molecule has 1 aromatic carbocycles. The number of rotatable bonds is 24. The van der Waals surface area contributed by atoms with E-state index in [0.29, 0.717) is 0 Å². The maximum absolute atomic E-state index is 15.6. The Balaban J connectivity index is 2.04. The van der Waals surface area contributed by atoms with E-state index in [4.69, 9.17) is 56.8 Å². The number of nitrogens with zero attached hydrogens (tertiary/aromatic N) is 18. The summed E-state index contributed by atoms with van der Waals surface area (Å²) in [5.74, 6) is -15.0. The van der Waals surface area contributed by atoms with Gasteiger partial charge in [-0.25, -0.2) is 85.6 Å². The van der Waals surface area contributed by atoms with Gasteiger partial charge in [-0.15, -0.1) is 30.6 Å². The lowest BCUT2D eigenvalue weighted by Gasteiger charge is -2.29. The Hall–Kier alpha value is -12.3. The first-order chi connectivity index (χ1) is 56.9. The van der Waals surface area contributed by atoms with E-state index in [-0.39, 0.29) is 33.4 Å². The molecule has 0 unspecified atom stereocenters. The van der Waals surface area contributed by atoms with Crippen molar-refractivity contribution >= 4 is 71.6 Å². The van der Waals surface area contributed by atoms with Crippen molar-refractivity contribution in [1.29, 1.82) is 0 Å². The van der Waals surface area contributed by atoms with Crippen molar-refractivity contribution in [2.75, 3.05) is 0 Å². The largest absolute Gasteiger partial charge is 0.455 e. The lowest BCUT2D eigenvalue weighted by atomic mass is 9.85. The van der Waals surface area contributed by atoms with E-state index in [1.54, 1.807) is 0 Å². The minimum Gasteiger partial charge on any atom is -0.455 e. The van der Waals surface area contributed by atoms with Crippen LogP contribution in [0.1, 0.15) is 408 Å². The van der Waals surface area contributed by atoms with Gasteiger partial charge in [0, 0.05) is 0 Å². The van der Waals surface area contributed by atoms with Crippen LogP contribution in [0.5, 0.6) is 0 Å². The molecule has 0 fully saturated rings. The van der Waals surface area contributed by atoms with Crippen LogP contribution in [0.25, 0.3) is 0 Å². The summed E-state index contributed by atoms with van der Waals surface area (Å²) in [6.07, 6.45) is 0. The van der Waals surface area contributed by atoms with Gasteiger partial charge >= 0.3 is 71.6 Å². The van der Waals surface area contributed by atoms with Crippen LogP contribution in [0, 0.1) is 0 Å². The molecular formula is C84H120N18O24. The van der Waals surface area contributed by atoms with Crippen LogP contribution in [0.3, 0.4) is 0 Å². The number of ether oxygens (including phenoxy) is 12. The number of carbonyl (C=O) groups is 12. The molecule has 42 heteroatoms. The summed E-state index contributed by atoms with van der Waals surface area (Å²) in [4.78, 5) is 183. The lowest BCUT2D eigenvalue weighted by Crippen LogP contribution is -2.32. The molecule has 0 saturated carbocycles. The van der Waals surface area contributed by atoms with Crippen LogP contribution in [-0.4, -0.2) is 229 Å². The number of hydrogen-bond acceptors (Lipinski definition) is 36. The van der Waals surface area contributed by atoms with E-state index in [2.05, 4.69) is 61.9 Å². The first-order valence-corrected chi connectivity index (χ1v) is 40.5. The molecule has 6 aromatic heterocycles. The second-order valence-electron chi connectivity index (χ2n) is 41.6. The van der Waals surface area contributed by atoms with E-state index in [1.807, 2.05) is 0 Å². The second kappa shape index (κ2) is 36.0. The molecule has 7 rings (SSSR count). The molecule has 0 amide bonds. The molecule has 42 nitrogen and oxygen atoms in total.